The van der Waals surface area contributed by atoms with E-state index in [4.69, 9.17) is 0 Å². The molecular weight excluding hydrogens is 455 g/mol. The number of hydrogen-bond donors (Lipinski definition) is 1. The molecule has 8 heteroatoms. The molecule has 1 spiro atoms. The molecule has 0 bridgehead atoms. The van der Waals surface area contributed by atoms with Crippen LogP contribution in [0, 0.1) is 28.8 Å². The van der Waals surface area contributed by atoms with Crippen molar-refractivity contribution in [3.05, 3.63) is 71.0 Å². The Morgan fingerprint density at radius 3 is 2.26 bits per heavy atom. The second kappa shape index (κ2) is 10.0. The molecule has 5 nitrogen and oxygen atoms in total. The number of halogens is 3. The molecule has 2 fully saturated rings. The van der Waals surface area contributed by atoms with Crippen molar-refractivity contribution in [3.8, 4) is 0 Å². The van der Waals surface area contributed by atoms with Crippen LogP contribution in [-0.2, 0) is 4.79 Å². The summed E-state index contributed by atoms with van der Waals surface area (Å²) in [6.07, 6.45) is 1.59. The number of carbonyl (C=O) groups is 2. The summed E-state index contributed by atoms with van der Waals surface area (Å²) in [6, 6.07) is 8.54. The Morgan fingerprint density at radius 2 is 1.63 bits per heavy atom. The molecule has 0 saturated carbocycles. The molecule has 2 atom stereocenters. The lowest BCUT2D eigenvalue weighted by Crippen LogP contribution is -2.54. The van der Waals surface area contributed by atoms with Crippen molar-refractivity contribution >= 4 is 11.8 Å². The Morgan fingerprint density at radius 1 is 1.00 bits per heavy atom. The van der Waals surface area contributed by atoms with Crippen molar-refractivity contribution in [2.24, 2.45) is 11.3 Å². The van der Waals surface area contributed by atoms with E-state index in [9.17, 15) is 22.8 Å². The first-order chi connectivity index (χ1) is 16.6. The summed E-state index contributed by atoms with van der Waals surface area (Å²) in [6.45, 7) is 6.48. The normalized spacial score (nSPS) is 20.9. The number of rotatable bonds is 5. The third kappa shape index (κ3) is 5.22. The average Bonchev–Trinajstić information content (AvgIpc) is 3.14. The third-order valence-corrected chi connectivity index (χ3v) is 7.55. The molecule has 2 saturated heterocycles. The van der Waals surface area contributed by atoms with E-state index in [1.807, 2.05) is 26.0 Å². The highest BCUT2D eigenvalue weighted by atomic mass is 19.1. The highest BCUT2D eigenvalue weighted by Crippen LogP contribution is 2.49. The van der Waals surface area contributed by atoms with Gasteiger partial charge in [0.15, 0.2) is 0 Å². The summed E-state index contributed by atoms with van der Waals surface area (Å²) < 4.78 is 41.1. The Balaban J connectivity index is 1.46. The number of amides is 2. The van der Waals surface area contributed by atoms with Crippen LogP contribution in [0.2, 0.25) is 0 Å². The van der Waals surface area contributed by atoms with Gasteiger partial charge in [-0.2, -0.15) is 0 Å². The maximum Gasteiger partial charge on any atom is 0.255 e. The van der Waals surface area contributed by atoms with Crippen LogP contribution in [0.5, 0.6) is 0 Å². The highest BCUT2D eigenvalue weighted by Gasteiger charge is 2.48. The molecule has 0 aromatic heterocycles. The van der Waals surface area contributed by atoms with E-state index in [0.29, 0.717) is 13.1 Å². The molecule has 2 heterocycles. The molecule has 188 valence electrons. The van der Waals surface area contributed by atoms with Gasteiger partial charge in [0.2, 0.25) is 5.91 Å². The minimum Gasteiger partial charge on any atom is -0.341 e. The fraction of sp³-hybridized carbons (Fsp3) is 0.481. The van der Waals surface area contributed by atoms with Crippen molar-refractivity contribution in [3.63, 3.8) is 0 Å². The Bertz CT molecular complexity index is 1080. The zero-order chi connectivity index (χ0) is 25.3. The first-order valence-electron chi connectivity index (χ1n) is 12.1. The van der Waals surface area contributed by atoms with Gasteiger partial charge in [0, 0.05) is 32.1 Å². The topological polar surface area (TPSA) is 52.7 Å². The van der Waals surface area contributed by atoms with Crippen LogP contribution in [-0.4, -0.2) is 60.9 Å². The lowest BCUT2D eigenvalue weighted by molar-refractivity contribution is -0.136. The number of nitrogens with one attached hydrogen (secondary N) is 1. The number of hydrogen-bond acceptors (Lipinski definition) is 3. The van der Waals surface area contributed by atoms with E-state index in [1.54, 1.807) is 4.90 Å². The van der Waals surface area contributed by atoms with Gasteiger partial charge in [-0.05, 0) is 67.1 Å². The second-order valence-electron chi connectivity index (χ2n) is 10.3. The fourth-order valence-corrected chi connectivity index (χ4v) is 5.65. The summed E-state index contributed by atoms with van der Waals surface area (Å²) >= 11 is 0. The lowest BCUT2D eigenvalue weighted by atomic mass is 9.68. The monoisotopic (exact) mass is 487 g/mol. The molecule has 35 heavy (non-hydrogen) atoms. The van der Waals surface area contributed by atoms with Crippen molar-refractivity contribution < 1.29 is 22.8 Å². The van der Waals surface area contributed by atoms with Crippen LogP contribution in [0.4, 0.5) is 13.2 Å². The van der Waals surface area contributed by atoms with Crippen LogP contribution in [0.25, 0.3) is 0 Å². The zero-order valence-electron chi connectivity index (χ0n) is 20.4. The van der Waals surface area contributed by atoms with E-state index < -0.39 is 29.1 Å². The minimum atomic E-state index is -0.849. The summed E-state index contributed by atoms with van der Waals surface area (Å²) in [5.41, 5.74) is 0.683. The molecule has 0 aliphatic carbocycles. The van der Waals surface area contributed by atoms with Crippen molar-refractivity contribution in [2.75, 3.05) is 33.2 Å². The molecule has 2 aromatic carbocycles. The smallest absolute Gasteiger partial charge is 0.255 e. The largest absolute Gasteiger partial charge is 0.341 e. The molecule has 2 aliphatic rings. The van der Waals surface area contributed by atoms with Gasteiger partial charge in [0.05, 0.1) is 5.56 Å². The van der Waals surface area contributed by atoms with Gasteiger partial charge < -0.3 is 15.1 Å². The van der Waals surface area contributed by atoms with Gasteiger partial charge in [-0.3, -0.25) is 9.59 Å². The number of carbonyl (C=O) groups excluding carboxylic acids is 2. The summed E-state index contributed by atoms with van der Waals surface area (Å²) in [5, 5.41) is 2.63. The van der Waals surface area contributed by atoms with Crippen LogP contribution in [0.15, 0.2) is 42.5 Å². The Labute approximate surface area is 204 Å². The number of nitrogens with zero attached hydrogens (tertiary/aromatic N) is 2. The SMILES string of the molecule is CC(C)C(NC(=O)c1cc(F)ccc1F)C(=O)N1CCC2(CC1)CN(C)CC2c1ccc(F)cc1. The van der Waals surface area contributed by atoms with Crippen LogP contribution in [0.1, 0.15) is 48.5 Å². The number of likely N-dealkylation sites (N-methyl/N-ethyl adjacent to an activating group) is 1. The molecule has 2 aliphatic heterocycles. The molecule has 0 radical (unpaired) electrons. The first-order valence-corrected chi connectivity index (χ1v) is 12.1. The van der Waals surface area contributed by atoms with Gasteiger partial charge >= 0.3 is 0 Å². The van der Waals surface area contributed by atoms with E-state index in [1.165, 1.54) is 12.1 Å². The number of piperidine rings is 1. The first kappa shape index (κ1) is 25.2. The van der Waals surface area contributed by atoms with Crippen molar-refractivity contribution in [1.82, 2.24) is 15.1 Å². The van der Waals surface area contributed by atoms with E-state index in [0.717, 1.165) is 49.7 Å². The molecular formula is C27H32F3N3O2. The maximum atomic E-state index is 14.1. The molecule has 4 rings (SSSR count). The summed E-state index contributed by atoms with van der Waals surface area (Å²) in [5.74, 6) is -2.82. The van der Waals surface area contributed by atoms with Gasteiger partial charge in [-0.1, -0.05) is 26.0 Å². The van der Waals surface area contributed by atoms with Gasteiger partial charge in [-0.25, -0.2) is 13.2 Å². The average molecular weight is 488 g/mol. The van der Waals surface area contributed by atoms with Gasteiger partial charge in [-0.15, -0.1) is 0 Å². The Kier molecular flexibility index (Phi) is 7.22. The predicted octanol–water partition coefficient (Wildman–Crippen LogP) is 4.20. The van der Waals surface area contributed by atoms with Crippen LogP contribution in [0.3, 0.4) is 0 Å². The minimum absolute atomic E-state index is 0.00930. The van der Waals surface area contributed by atoms with Crippen molar-refractivity contribution in [2.45, 2.75) is 38.6 Å². The Hall–Kier alpha value is -2.87. The molecule has 2 amide bonds. The highest BCUT2D eigenvalue weighted by molar-refractivity contribution is 5.97. The van der Waals surface area contributed by atoms with Gasteiger partial charge in [0.25, 0.3) is 5.91 Å². The van der Waals surface area contributed by atoms with Crippen molar-refractivity contribution in [1.29, 1.82) is 0 Å². The third-order valence-electron chi connectivity index (χ3n) is 7.55. The van der Waals surface area contributed by atoms with Gasteiger partial charge in [0.1, 0.15) is 23.5 Å². The molecule has 1 N–H and O–H groups in total. The number of likely N-dealkylation sites (tertiary alicyclic amines) is 2. The fourth-order valence-electron chi connectivity index (χ4n) is 5.65. The predicted molar refractivity (Wildman–Crippen MR) is 127 cm³/mol. The zero-order valence-corrected chi connectivity index (χ0v) is 20.4. The summed E-state index contributed by atoms with van der Waals surface area (Å²) in [4.78, 5) is 30.1. The van der Waals surface area contributed by atoms with E-state index >= 15 is 0 Å². The van der Waals surface area contributed by atoms with Crippen LogP contribution >= 0.6 is 0 Å². The lowest BCUT2D eigenvalue weighted by Gasteiger charge is -2.44. The van der Waals surface area contributed by atoms with E-state index in [-0.39, 0.29) is 29.0 Å². The standard InChI is InChI=1S/C27H32F3N3O2/c1-17(2)24(31-25(34)21-14-20(29)8-9-23(21)30)26(35)33-12-10-27(11-13-33)16-32(3)15-22(27)18-4-6-19(28)7-5-18/h4-9,14,17,22,24H,10-13,15-16H2,1-3H3,(H,31,34). The molecule has 2 unspecified atom stereocenters. The second-order valence-corrected chi connectivity index (χ2v) is 10.3. The van der Waals surface area contributed by atoms with E-state index in [2.05, 4.69) is 17.3 Å². The maximum absolute atomic E-state index is 14.1. The quantitative estimate of drug-likeness (QED) is 0.688. The van der Waals surface area contributed by atoms with Crippen LogP contribution < -0.4 is 5.32 Å². The molecule has 2 aromatic rings. The number of benzene rings is 2. The summed E-state index contributed by atoms with van der Waals surface area (Å²) in [7, 11) is 2.08.